The highest BCUT2D eigenvalue weighted by Crippen LogP contribution is 2.44. The number of hydrogen-bond donors (Lipinski definition) is 0. The maximum atomic E-state index is 6.11. The van der Waals surface area contributed by atoms with Gasteiger partial charge in [-0.05, 0) is 46.5 Å². The molecule has 0 amide bonds. The quantitative estimate of drug-likeness (QED) is 0.793. The Labute approximate surface area is 121 Å². The van der Waals surface area contributed by atoms with Crippen molar-refractivity contribution in [2.45, 2.75) is 57.7 Å². The van der Waals surface area contributed by atoms with Crippen LogP contribution in [0, 0.1) is 0 Å². The molecule has 1 saturated heterocycles. The van der Waals surface area contributed by atoms with Crippen LogP contribution in [0.2, 0.25) is 0 Å². The second kappa shape index (κ2) is 4.47. The lowest BCUT2D eigenvalue weighted by Gasteiger charge is -2.32. The molecule has 1 aromatic rings. The van der Waals surface area contributed by atoms with Gasteiger partial charge in [0.2, 0.25) is 0 Å². The van der Waals surface area contributed by atoms with E-state index in [1.165, 1.54) is 18.4 Å². The maximum Gasteiger partial charge on any atom is 0.500 e. The van der Waals surface area contributed by atoms with Gasteiger partial charge in [-0.3, -0.25) is 4.98 Å². The molecule has 0 N–H and O–H groups in total. The zero-order valence-corrected chi connectivity index (χ0v) is 12.9. The molecule has 0 bridgehead atoms. The number of rotatable bonds is 3. The Morgan fingerprint density at radius 2 is 1.75 bits per heavy atom. The van der Waals surface area contributed by atoms with Gasteiger partial charge < -0.3 is 14.0 Å². The minimum Gasteiger partial charge on any atom is -0.497 e. The summed E-state index contributed by atoms with van der Waals surface area (Å²) in [5, 5.41) is 0. The monoisotopic (exact) mass is 275 g/mol. The van der Waals surface area contributed by atoms with Gasteiger partial charge in [0.05, 0.1) is 18.3 Å². The fraction of sp³-hybridized carbons (Fsp3) is 0.667. The summed E-state index contributed by atoms with van der Waals surface area (Å²) in [6.45, 7) is 8.21. The fourth-order valence-electron chi connectivity index (χ4n) is 2.54. The van der Waals surface area contributed by atoms with E-state index in [0.29, 0.717) is 5.92 Å². The molecule has 1 aliphatic carbocycles. The van der Waals surface area contributed by atoms with Crippen LogP contribution in [0.3, 0.4) is 0 Å². The van der Waals surface area contributed by atoms with Crippen molar-refractivity contribution in [1.29, 1.82) is 0 Å². The Morgan fingerprint density at radius 1 is 1.15 bits per heavy atom. The van der Waals surface area contributed by atoms with Crippen LogP contribution in [0.4, 0.5) is 0 Å². The molecule has 0 atom stereocenters. The molecule has 20 heavy (non-hydrogen) atoms. The molecule has 1 aliphatic heterocycles. The molecular weight excluding hydrogens is 253 g/mol. The maximum absolute atomic E-state index is 6.11. The highest BCUT2D eigenvalue weighted by molar-refractivity contribution is 6.63. The summed E-state index contributed by atoms with van der Waals surface area (Å²) < 4.78 is 17.8. The summed E-state index contributed by atoms with van der Waals surface area (Å²) in [6.07, 6.45) is 6.13. The minimum atomic E-state index is -0.416. The van der Waals surface area contributed by atoms with Gasteiger partial charge in [-0.2, -0.15) is 0 Å². The van der Waals surface area contributed by atoms with Crippen molar-refractivity contribution in [2.75, 3.05) is 7.11 Å². The number of hydrogen-bond acceptors (Lipinski definition) is 4. The molecule has 3 rings (SSSR count). The predicted octanol–water partition coefficient (Wildman–Crippen LogP) is 2.27. The minimum absolute atomic E-state index is 0.349. The van der Waals surface area contributed by atoms with Gasteiger partial charge in [0.1, 0.15) is 5.75 Å². The molecule has 2 aliphatic rings. The van der Waals surface area contributed by atoms with E-state index < -0.39 is 7.12 Å². The van der Waals surface area contributed by atoms with Gasteiger partial charge in [0, 0.05) is 23.4 Å². The van der Waals surface area contributed by atoms with Gasteiger partial charge >= 0.3 is 7.12 Å². The predicted molar refractivity (Wildman–Crippen MR) is 78.5 cm³/mol. The summed E-state index contributed by atoms with van der Waals surface area (Å²) in [7, 11) is 1.29. The number of pyridine rings is 1. The molecule has 0 spiro atoms. The highest BCUT2D eigenvalue weighted by atomic mass is 16.7. The molecule has 1 aromatic heterocycles. The first-order chi connectivity index (χ1) is 9.36. The van der Waals surface area contributed by atoms with Crippen LogP contribution in [-0.2, 0) is 9.31 Å². The van der Waals surface area contributed by atoms with Crippen LogP contribution >= 0.6 is 0 Å². The molecule has 0 radical (unpaired) electrons. The SMILES string of the molecule is COc1c(B2OC(C)(C)C(C)(C)O2)cncc1C1CC1. The Morgan fingerprint density at radius 3 is 2.25 bits per heavy atom. The highest BCUT2D eigenvalue weighted by Gasteiger charge is 2.53. The lowest BCUT2D eigenvalue weighted by molar-refractivity contribution is 0.00578. The largest absolute Gasteiger partial charge is 0.500 e. The van der Waals surface area contributed by atoms with Crippen molar-refractivity contribution in [1.82, 2.24) is 4.98 Å². The van der Waals surface area contributed by atoms with Gasteiger partial charge in [0.25, 0.3) is 0 Å². The zero-order valence-electron chi connectivity index (χ0n) is 12.9. The summed E-state index contributed by atoms with van der Waals surface area (Å²) >= 11 is 0. The van der Waals surface area contributed by atoms with Crippen molar-refractivity contribution in [3.63, 3.8) is 0 Å². The molecule has 1 saturated carbocycles. The summed E-state index contributed by atoms with van der Waals surface area (Å²) in [5.74, 6) is 1.46. The molecule has 2 fully saturated rings. The van der Waals surface area contributed by atoms with Crippen LogP contribution in [0.15, 0.2) is 12.4 Å². The number of aromatic nitrogens is 1. The van der Waals surface area contributed by atoms with Crippen molar-refractivity contribution >= 4 is 12.6 Å². The number of methoxy groups -OCH3 is 1. The summed E-state index contributed by atoms with van der Waals surface area (Å²) in [4.78, 5) is 4.35. The number of ether oxygens (including phenoxy) is 1. The lowest BCUT2D eigenvalue weighted by atomic mass is 9.78. The van der Waals surface area contributed by atoms with Gasteiger partial charge in [-0.15, -0.1) is 0 Å². The lowest BCUT2D eigenvalue weighted by Crippen LogP contribution is -2.41. The topological polar surface area (TPSA) is 40.6 Å². The molecule has 5 heteroatoms. The molecule has 4 nitrogen and oxygen atoms in total. The summed E-state index contributed by atoms with van der Waals surface area (Å²) in [6, 6.07) is 0. The van der Waals surface area contributed by atoms with Crippen molar-refractivity contribution in [2.24, 2.45) is 0 Å². The van der Waals surface area contributed by atoms with E-state index in [9.17, 15) is 0 Å². The van der Waals surface area contributed by atoms with E-state index >= 15 is 0 Å². The second-order valence-electron chi connectivity index (χ2n) is 6.71. The van der Waals surface area contributed by atoms with Crippen LogP contribution in [0.1, 0.15) is 52.0 Å². The van der Waals surface area contributed by atoms with Gasteiger partial charge in [-0.25, -0.2) is 0 Å². The Hall–Kier alpha value is -1.07. The zero-order chi connectivity index (χ0) is 14.5. The molecule has 0 aromatic carbocycles. The van der Waals surface area contributed by atoms with Crippen molar-refractivity contribution in [3.05, 3.63) is 18.0 Å². The third-order valence-electron chi connectivity index (χ3n) is 4.68. The first-order valence-electron chi connectivity index (χ1n) is 7.23. The fourth-order valence-corrected chi connectivity index (χ4v) is 2.54. The average Bonchev–Trinajstić information content (AvgIpc) is 3.17. The van der Waals surface area contributed by atoms with Crippen molar-refractivity contribution < 1.29 is 14.0 Å². The van der Waals surface area contributed by atoms with E-state index in [4.69, 9.17) is 14.0 Å². The molecule has 2 heterocycles. The Kier molecular flexibility index (Phi) is 3.10. The Balaban J connectivity index is 1.97. The van der Waals surface area contributed by atoms with E-state index in [0.717, 1.165) is 11.2 Å². The van der Waals surface area contributed by atoms with Crippen LogP contribution < -0.4 is 10.2 Å². The van der Waals surface area contributed by atoms with Crippen LogP contribution in [-0.4, -0.2) is 30.4 Å². The molecule has 108 valence electrons. The Bertz CT molecular complexity index is 510. The standard InChI is InChI=1S/C15H22BNO3/c1-14(2)15(3,4)20-16(19-14)12-9-17-8-11(10-6-7-10)13(12)18-5/h8-10H,6-7H2,1-5H3. The third-order valence-corrected chi connectivity index (χ3v) is 4.68. The van der Waals surface area contributed by atoms with Crippen LogP contribution in [0.25, 0.3) is 0 Å². The molecular formula is C15H22BNO3. The van der Waals surface area contributed by atoms with Gasteiger partial charge in [0.15, 0.2) is 0 Å². The van der Waals surface area contributed by atoms with Crippen molar-refractivity contribution in [3.8, 4) is 5.75 Å². The van der Waals surface area contributed by atoms with E-state index in [1.807, 2.05) is 6.20 Å². The van der Waals surface area contributed by atoms with E-state index in [1.54, 1.807) is 13.3 Å². The number of nitrogens with zero attached hydrogens (tertiary/aromatic N) is 1. The summed E-state index contributed by atoms with van der Waals surface area (Å²) in [5.41, 5.74) is 1.38. The first kappa shape index (κ1) is 13.9. The average molecular weight is 275 g/mol. The third kappa shape index (κ3) is 2.13. The van der Waals surface area contributed by atoms with E-state index in [-0.39, 0.29) is 11.2 Å². The molecule has 0 unspecified atom stereocenters. The van der Waals surface area contributed by atoms with Crippen LogP contribution in [0.5, 0.6) is 5.75 Å². The normalized spacial score (nSPS) is 23.9. The smallest absolute Gasteiger partial charge is 0.497 e. The van der Waals surface area contributed by atoms with Gasteiger partial charge in [-0.1, -0.05) is 0 Å². The second-order valence-corrected chi connectivity index (χ2v) is 6.71. The first-order valence-corrected chi connectivity index (χ1v) is 7.23. The van der Waals surface area contributed by atoms with E-state index in [2.05, 4.69) is 32.7 Å².